The van der Waals surface area contributed by atoms with Gasteiger partial charge in [0.2, 0.25) is 0 Å². The summed E-state index contributed by atoms with van der Waals surface area (Å²) in [4.78, 5) is 0. The number of hydrogen-bond acceptors (Lipinski definition) is 2. The first-order valence-electron chi connectivity index (χ1n) is 6.30. The standard InChI is InChI=1S/C16H17ClFNO/c1-9-4-6-13(16(20-3)10(9)2)15(19)12-7-5-11(18)8-14(12)17/h4-8,15H,19H2,1-3H3. The molecule has 2 N–H and O–H groups in total. The van der Waals surface area contributed by atoms with Gasteiger partial charge in [0.1, 0.15) is 11.6 Å². The molecule has 0 saturated carbocycles. The van der Waals surface area contributed by atoms with Gasteiger partial charge >= 0.3 is 0 Å². The molecule has 0 heterocycles. The van der Waals surface area contributed by atoms with E-state index >= 15 is 0 Å². The average Bonchev–Trinajstić information content (AvgIpc) is 2.41. The third-order valence-corrected chi connectivity index (χ3v) is 3.87. The molecule has 2 aromatic rings. The molecule has 0 amide bonds. The van der Waals surface area contributed by atoms with E-state index in [-0.39, 0.29) is 5.82 Å². The summed E-state index contributed by atoms with van der Waals surface area (Å²) in [6.45, 7) is 3.99. The molecular weight excluding hydrogens is 277 g/mol. The van der Waals surface area contributed by atoms with E-state index in [0.29, 0.717) is 10.6 Å². The van der Waals surface area contributed by atoms with Crippen LogP contribution in [0.15, 0.2) is 30.3 Å². The predicted octanol–water partition coefficient (Wildman–Crippen LogP) is 4.15. The number of aryl methyl sites for hydroxylation is 1. The second kappa shape index (κ2) is 5.81. The van der Waals surface area contributed by atoms with Crippen LogP contribution in [0.5, 0.6) is 5.75 Å². The largest absolute Gasteiger partial charge is 0.496 e. The zero-order valence-electron chi connectivity index (χ0n) is 11.7. The van der Waals surface area contributed by atoms with Crippen molar-refractivity contribution in [1.29, 1.82) is 0 Å². The zero-order valence-corrected chi connectivity index (χ0v) is 12.5. The Morgan fingerprint density at radius 1 is 1.15 bits per heavy atom. The lowest BCUT2D eigenvalue weighted by Gasteiger charge is -2.20. The van der Waals surface area contributed by atoms with E-state index in [1.54, 1.807) is 13.2 Å². The van der Waals surface area contributed by atoms with Gasteiger partial charge in [0.15, 0.2) is 0 Å². The van der Waals surface area contributed by atoms with Gasteiger partial charge in [-0.1, -0.05) is 29.8 Å². The summed E-state index contributed by atoms with van der Waals surface area (Å²) in [5, 5.41) is 0.317. The molecule has 0 radical (unpaired) electrons. The molecule has 0 aromatic heterocycles. The molecule has 0 saturated heterocycles. The van der Waals surface area contributed by atoms with Gasteiger partial charge < -0.3 is 10.5 Å². The van der Waals surface area contributed by atoms with Gasteiger partial charge in [0, 0.05) is 10.6 Å². The van der Waals surface area contributed by atoms with Gasteiger partial charge in [-0.05, 0) is 42.7 Å². The fourth-order valence-corrected chi connectivity index (χ4v) is 2.53. The smallest absolute Gasteiger partial charge is 0.127 e. The lowest BCUT2D eigenvalue weighted by Crippen LogP contribution is -2.14. The third-order valence-electron chi connectivity index (χ3n) is 3.54. The van der Waals surface area contributed by atoms with E-state index in [1.807, 2.05) is 26.0 Å². The van der Waals surface area contributed by atoms with E-state index in [1.165, 1.54) is 12.1 Å². The summed E-state index contributed by atoms with van der Waals surface area (Å²) >= 11 is 6.08. The van der Waals surface area contributed by atoms with E-state index in [0.717, 1.165) is 22.4 Å². The minimum Gasteiger partial charge on any atom is -0.496 e. The predicted molar refractivity (Wildman–Crippen MR) is 79.9 cm³/mol. The molecule has 2 nitrogen and oxygen atoms in total. The van der Waals surface area contributed by atoms with Crippen molar-refractivity contribution in [3.05, 3.63) is 63.4 Å². The Balaban J connectivity index is 2.53. The van der Waals surface area contributed by atoms with Crippen molar-refractivity contribution in [1.82, 2.24) is 0 Å². The maximum absolute atomic E-state index is 13.1. The number of benzene rings is 2. The zero-order chi connectivity index (χ0) is 14.9. The Hall–Kier alpha value is -1.58. The topological polar surface area (TPSA) is 35.2 Å². The van der Waals surface area contributed by atoms with E-state index in [9.17, 15) is 4.39 Å². The van der Waals surface area contributed by atoms with Gasteiger partial charge in [0.25, 0.3) is 0 Å². The molecule has 2 aromatic carbocycles. The van der Waals surface area contributed by atoms with Crippen molar-refractivity contribution in [2.75, 3.05) is 7.11 Å². The molecule has 0 aliphatic heterocycles. The fraction of sp³-hybridized carbons (Fsp3) is 0.250. The second-order valence-corrected chi connectivity index (χ2v) is 5.18. The first-order chi connectivity index (χ1) is 9.45. The highest BCUT2D eigenvalue weighted by Crippen LogP contribution is 2.35. The maximum Gasteiger partial charge on any atom is 0.127 e. The van der Waals surface area contributed by atoms with Crippen molar-refractivity contribution >= 4 is 11.6 Å². The highest BCUT2D eigenvalue weighted by Gasteiger charge is 2.19. The monoisotopic (exact) mass is 293 g/mol. The lowest BCUT2D eigenvalue weighted by molar-refractivity contribution is 0.404. The Labute approximate surface area is 123 Å². The quantitative estimate of drug-likeness (QED) is 0.922. The number of nitrogens with two attached hydrogens (primary N) is 1. The number of methoxy groups -OCH3 is 1. The van der Waals surface area contributed by atoms with Crippen molar-refractivity contribution in [2.45, 2.75) is 19.9 Å². The second-order valence-electron chi connectivity index (χ2n) is 4.77. The Bertz CT molecular complexity index is 643. The summed E-state index contributed by atoms with van der Waals surface area (Å²) in [7, 11) is 1.62. The normalized spacial score (nSPS) is 12.3. The molecule has 4 heteroatoms. The van der Waals surface area contributed by atoms with E-state index in [4.69, 9.17) is 22.1 Å². The third kappa shape index (κ3) is 2.65. The summed E-state index contributed by atoms with van der Waals surface area (Å²) in [6.07, 6.45) is 0. The molecule has 0 spiro atoms. The highest BCUT2D eigenvalue weighted by atomic mass is 35.5. The van der Waals surface area contributed by atoms with Crippen LogP contribution in [0, 0.1) is 19.7 Å². The van der Waals surface area contributed by atoms with Crippen LogP contribution in [0.3, 0.4) is 0 Å². The first kappa shape index (κ1) is 14.8. The van der Waals surface area contributed by atoms with Gasteiger partial charge in [0.05, 0.1) is 13.2 Å². The molecule has 20 heavy (non-hydrogen) atoms. The minimum absolute atomic E-state index is 0.317. The summed E-state index contributed by atoms with van der Waals surface area (Å²) in [5.41, 5.74) is 9.96. The van der Waals surface area contributed by atoms with Crippen molar-refractivity contribution in [2.24, 2.45) is 5.73 Å². The molecule has 0 fully saturated rings. The van der Waals surface area contributed by atoms with Crippen LogP contribution in [0.2, 0.25) is 5.02 Å². The van der Waals surface area contributed by atoms with Crippen molar-refractivity contribution in [3.8, 4) is 5.75 Å². The average molecular weight is 294 g/mol. The van der Waals surface area contributed by atoms with Crippen LogP contribution < -0.4 is 10.5 Å². The lowest BCUT2D eigenvalue weighted by atomic mass is 9.95. The number of hydrogen-bond donors (Lipinski definition) is 1. The Morgan fingerprint density at radius 2 is 1.80 bits per heavy atom. The number of rotatable bonds is 3. The van der Waals surface area contributed by atoms with Crippen LogP contribution in [0.25, 0.3) is 0 Å². The minimum atomic E-state index is -0.461. The van der Waals surface area contributed by atoms with Crippen LogP contribution in [0.4, 0.5) is 4.39 Å². The first-order valence-corrected chi connectivity index (χ1v) is 6.68. The molecule has 1 atom stereocenters. The maximum atomic E-state index is 13.1. The molecule has 1 unspecified atom stereocenters. The van der Waals surface area contributed by atoms with Crippen LogP contribution in [-0.2, 0) is 0 Å². The molecule has 0 aliphatic carbocycles. The van der Waals surface area contributed by atoms with Gasteiger partial charge in [-0.25, -0.2) is 4.39 Å². The van der Waals surface area contributed by atoms with Crippen LogP contribution >= 0.6 is 11.6 Å². The van der Waals surface area contributed by atoms with E-state index < -0.39 is 6.04 Å². The Kier molecular flexibility index (Phi) is 4.31. The molecule has 2 rings (SSSR count). The number of ether oxygens (including phenoxy) is 1. The molecular formula is C16H17ClFNO. The molecule has 0 bridgehead atoms. The van der Waals surface area contributed by atoms with Crippen LogP contribution in [-0.4, -0.2) is 7.11 Å². The highest BCUT2D eigenvalue weighted by molar-refractivity contribution is 6.31. The fourth-order valence-electron chi connectivity index (χ4n) is 2.25. The Morgan fingerprint density at radius 3 is 2.40 bits per heavy atom. The van der Waals surface area contributed by atoms with Gasteiger partial charge in [-0.15, -0.1) is 0 Å². The number of halogens is 2. The van der Waals surface area contributed by atoms with Crippen LogP contribution in [0.1, 0.15) is 28.3 Å². The van der Waals surface area contributed by atoms with Gasteiger partial charge in [-0.2, -0.15) is 0 Å². The van der Waals surface area contributed by atoms with Gasteiger partial charge in [-0.3, -0.25) is 0 Å². The molecule has 106 valence electrons. The van der Waals surface area contributed by atoms with Crippen molar-refractivity contribution in [3.63, 3.8) is 0 Å². The summed E-state index contributed by atoms with van der Waals surface area (Å²) in [6, 6.07) is 7.68. The molecule has 0 aliphatic rings. The summed E-state index contributed by atoms with van der Waals surface area (Å²) in [5.74, 6) is 0.371. The van der Waals surface area contributed by atoms with Crippen molar-refractivity contribution < 1.29 is 9.13 Å². The van der Waals surface area contributed by atoms with E-state index in [2.05, 4.69) is 0 Å². The summed E-state index contributed by atoms with van der Waals surface area (Å²) < 4.78 is 18.6. The SMILES string of the molecule is COc1c(C(N)c2ccc(F)cc2Cl)ccc(C)c1C.